The van der Waals surface area contributed by atoms with Crippen molar-refractivity contribution in [1.82, 2.24) is 10.2 Å². The van der Waals surface area contributed by atoms with Gasteiger partial charge in [0.1, 0.15) is 17.9 Å². The Labute approximate surface area is 131 Å². The number of benzene rings is 1. The lowest BCUT2D eigenvalue weighted by molar-refractivity contribution is -0.149. The Morgan fingerprint density at radius 2 is 2.10 bits per heavy atom. The van der Waals surface area contributed by atoms with Crippen LogP contribution in [-0.4, -0.2) is 28.8 Å². The van der Waals surface area contributed by atoms with Crippen LogP contribution in [0.5, 0.6) is 0 Å². The first-order valence-electron chi connectivity index (χ1n) is 6.98. The predicted octanol–water partition coefficient (Wildman–Crippen LogP) is 2.60. The first-order valence-corrected chi connectivity index (χ1v) is 7.78. The summed E-state index contributed by atoms with van der Waals surface area (Å²) in [6.07, 6.45) is 1.42. The largest absolute Gasteiger partial charge is 0.343 e. The predicted molar refractivity (Wildman–Crippen MR) is 81.0 cm³/mol. The molecule has 0 spiro atoms. The summed E-state index contributed by atoms with van der Waals surface area (Å²) < 4.78 is 13.8. The minimum Gasteiger partial charge on any atom is -0.343 e. The SMILES string of the molecule is CCCC1C(=O)NC(C)C(=O)N1Cc1ccc(F)cc1Br. The lowest BCUT2D eigenvalue weighted by Gasteiger charge is -2.38. The second kappa shape index (κ2) is 6.56. The third kappa shape index (κ3) is 3.43. The standard InChI is InChI=1S/C15H18BrFN2O2/c1-3-4-13-14(20)18-9(2)15(21)19(13)8-10-5-6-11(17)7-12(10)16/h5-7,9,13H,3-4,8H2,1-2H3,(H,18,20). The first kappa shape index (κ1) is 15.9. The zero-order chi connectivity index (χ0) is 15.6. The second-order valence-electron chi connectivity index (χ2n) is 5.24. The van der Waals surface area contributed by atoms with Gasteiger partial charge in [-0.25, -0.2) is 4.39 Å². The molecule has 1 aliphatic rings. The topological polar surface area (TPSA) is 49.4 Å². The second-order valence-corrected chi connectivity index (χ2v) is 6.09. The molecule has 0 saturated carbocycles. The number of rotatable bonds is 4. The highest BCUT2D eigenvalue weighted by atomic mass is 79.9. The van der Waals surface area contributed by atoms with Gasteiger partial charge < -0.3 is 10.2 Å². The molecule has 1 aromatic carbocycles. The molecule has 2 rings (SSSR count). The van der Waals surface area contributed by atoms with Crippen molar-refractivity contribution < 1.29 is 14.0 Å². The lowest BCUT2D eigenvalue weighted by atomic mass is 10.0. The lowest BCUT2D eigenvalue weighted by Crippen LogP contribution is -2.61. The van der Waals surface area contributed by atoms with E-state index in [9.17, 15) is 14.0 Å². The van der Waals surface area contributed by atoms with Gasteiger partial charge in [0, 0.05) is 11.0 Å². The molecular formula is C15H18BrFN2O2. The van der Waals surface area contributed by atoms with E-state index in [1.807, 2.05) is 6.92 Å². The molecule has 1 N–H and O–H groups in total. The zero-order valence-electron chi connectivity index (χ0n) is 12.0. The maximum atomic E-state index is 13.1. The van der Waals surface area contributed by atoms with E-state index in [0.717, 1.165) is 12.0 Å². The molecular weight excluding hydrogens is 339 g/mol. The van der Waals surface area contributed by atoms with Gasteiger partial charge in [0.05, 0.1) is 0 Å². The monoisotopic (exact) mass is 356 g/mol. The van der Waals surface area contributed by atoms with Gasteiger partial charge in [-0.15, -0.1) is 0 Å². The smallest absolute Gasteiger partial charge is 0.245 e. The third-order valence-corrected chi connectivity index (χ3v) is 4.35. The molecule has 21 heavy (non-hydrogen) atoms. The Morgan fingerprint density at radius 1 is 1.38 bits per heavy atom. The van der Waals surface area contributed by atoms with Crippen LogP contribution in [0.15, 0.2) is 22.7 Å². The van der Waals surface area contributed by atoms with Gasteiger partial charge in [0.15, 0.2) is 0 Å². The van der Waals surface area contributed by atoms with E-state index in [-0.39, 0.29) is 17.6 Å². The molecule has 1 aliphatic heterocycles. The Balaban J connectivity index is 2.27. The van der Waals surface area contributed by atoms with Crippen LogP contribution in [0.4, 0.5) is 4.39 Å². The Hall–Kier alpha value is -1.43. The van der Waals surface area contributed by atoms with E-state index in [0.29, 0.717) is 17.4 Å². The van der Waals surface area contributed by atoms with Gasteiger partial charge >= 0.3 is 0 Å². The molecule has 0 aromatic heterocycles. The highest BCUT2D eigenvalue weighted by Crippen LogP contribution is 2.23. The normalized spacial score (nSPS) is 22.4. The van der Waals surface area contributed by atoms with Crippen molar-refractivity contribution >= 4 is 27.7 Å². The number of carbonyl (C=O) groups is 2. The summed E-state index contributed by atoms with van der Waals surface area (Å²) in [5.74, 6) is -0.571. The molecule has 0 bridgehead atoms. The maximum Gasteiger partial charge on any atom is 0.245 e. The van der Waals surface area contributed by atoms with Crippen LogP contribution in [0.1, 0.15) is 32.3 Å². The van der Waals surface area contributed by atoms with Crippen molar-refractivity contribution in [3.8, 4) is 0 Å². The number of hydrogen-bond donors (Lipinski definition) is 1. The molecule has 2 amide bonds. The number of carbonyl (C=O) groups excluding carboxylic acids is 2. The van der Waals surface area contributed by atoms with Crippen molar-refractivity contribution in [3.05, 3.63) is 34.1 Å². The Morgan fingerprint density at radius 3 is 2.71 bits per heavy atom. The fourth-order valence-electron chi connectivity index (χ4n) is 2.50. The van der Waals surface area contributed by atoms with Crippen molar-refractivity contribution in [2.75, 3.05) is 0 Å². The van der Waals surface area contributed by atoms with Crippen LogP contribution >= 0.6 is 15.9 Å². The van der Waals surface area contributed by atoms with E-state index in [4.69, 9.17) is 0 Å². The fraction of sp³-hybridized carbons (Fsp3) is 0.467. The van der Waals surface area contributed by atoms with Crippen LogP contribution < -0.4 is 5.32 Å². The van der Waals surface area contributed by atoms with Crippen LogP contribution in [0.25, 0.3) is 0 Å². The van der Waals surface area contributed by atoms with Gasteiger partial charge in [0.25, 0.3) is 0 Å². The van der Waals surface area contributed by atoms with Gasteiger partial charge in [-0.05, 0) is 31.0 Å². The third-order valence-electron chi connectivity index (χ3n) is 3.61. The summed E-state index contributed by atoms with van der Waals surface area (Å²) in [6, 6.07) is 3.36. The van der Waals surface area contributed by atoms with Gasteiger partial charge in [-0.3, -0.25) is 9.59 Å². The van der Waals surface area contributed by atoms with Crippen LogP contribution in [0.3, 0.4) is 0 Å². The van der Waals surface area contributed by atoms with Gasteiger partial charge in [-0.1, -0.05) is 35.3 Å². The van der Waals surface area contributed by atoms with Crippen molar-refractivity contribution in [2.24, 2.45) is 0 Å². The Kier molecular flexibility index (Phi) is 4.98. The van der Waals surface area contributed by atoms with Gasteiger partial charge in [0.2, 0.25) is 11.8 Å². The molecule has 1 saturated heterocycles. The number of nitrogens with zero attached hydrogens (tertiary/aromatic N) is 1. The van der Waals surface area contributed by atoms with Crippen molar-refractivity contribution in [1.29, 1.82) is 0 Å². The molecule has 4 nitrogen and oxygen atoms in total. The average Bonchev–Trinajstić information content (AvgIpc) is 2.42. The number of piperazine rings is 1. The minimum absolute atomic E-state index is 0.107. The van der Waals surface area contributed by atoms with E-state index in [1.54, 1.807) is 17.9 Å². The minimum atomic E-state index is -0.523. The van der Waals surface area contributed by atoms with E-state index < -0.39 is 12.1 Å². The summed E-state index contributed by atoms with van der Waals surface area (Å²) in [6.45, 7) is 3.94. The molecule has 2 atom stereocenters. The molecule has 114 valence electrons. The van der Waals surface area contributed by atoms with Crippen molar-refractivity contribution in [3.63, 3.8) is 0 Å². The van der Waals surface area contributed by atoms with E-state index >= 15 is 0 Å². The van der Waals surface area contributed by atoms with Crippen LogP contribution in [0.2, 0.25) is 0 Å². The number of nitrogens with one attached hydrogen (secondary N) is 1. The highest BCUT2D eigenvalue weighted by Gasteiger charge is 2.37. The van der Waals surface area contributed by atoms with E-state index in [2.05, 4.69) is 21.2 Å². The number of amides is 2. The summed E-state index contributed by atoms with van der Waals surface area (Å²) in [5, 5.41) is 2.70. The summed E-state index contributed by atoms with van der Waals surface area (Å²) >= 11 is 3.30. The van der Waals surface area contributed by atoms with Crippen LogP contribution in [0, 0.1) is 5.82 Å². The first-order chi connectivity index (χ1) is 9.93. The quantitative estimate of drug-likeness (QED) is 0.901. The zero-order valence-corrected chi connectivity index (χ0v) is 13.6. The molecule has 0 aliphatic carbocycles. The number of halogens is 2. The molecule has 2 unspecified atom stereocenters. The number of hydrogen-bond acceptors (Lipinski definition) is 2. The molecule has 0 radical (unpaired) electrons. The molecule has 1 fully saturated rings. The maximum absolute atomic E-state index is 13.1. The van der Waals surface area contributed by atoms with Crippen molar-refractivity contribution in [2.45, 2.75) is 45.3 Å². The summed E-state index contributed by atoms with van der Waals surface area (Å²) in [4.78, 5) is 26.1. The fourth-order valence-corrected chi connectivity index (χ4v) is 2.97. The Bertz CT molecular complexity index is 565. The summed E-state index contributed by atoms with van der Waals surface area (Å²) in [7, 11) is 0. The van der Waals surface area contributed by atoms with Crippen LogP contribution in [-0.2, 0) is 16.1 Å². The molecule has 1 heterocycles. The average molecular weight is 357 g/mol. The molecule has 1 aromatic rings. The van der Waals surface area contributed by atoms with E-state index in [1.165, 1.54) is 12.1 Å². The molecule has 6 heteroatoms. The highest BCUT2D eigenvalue weighted by molar-refractivity contribution is 9.10. The van der Waals surface area contributed by atoms with Gasteiger partial charge in [-0.2, -0.15) is 0 Å². The summed E-state index contributed by atoms with van der Waals surface area (Å²) in [5.41, 5.74) is 0.785.